The van der Waals surface area contributed by atoms with Crippen LogP contribution in [0.1, 0.15) is 37.2 Å². The van der Waals surface area contributed by atoms with Gasteiger partial charge in [-0.25, -0.2) is 13.1 Å². The van der Waals surface area contributed by atoms with Crippen molar-refractivity contribution < 1.29 is 13.2 Å². The number of nitrogens with zero attached hydrogens (tertiary/aromatic N) is 1. The van der Waals surface area contributed by atoms with Crippen molar-refractivity contribution in [2.75, 3.05) is 19.3 Å². The molecule has 30 heavy (non-hydrogen) atoms. The molecule has 160 valence electrons. The van der Waals surface area contributed by atoms with Crippen LogP contribution in [0.5, 0.6) is 0 Å². The molecule has 4 rings (SSSR count). The van der Waals surface area contributed by atoms with Crippen LogP contribution in [0, 0.1) is 5.92 Å². The molecule has 1 saturated carbocycles. The van der Waals surface area contributed by atoms with Gasteiger partial charge in [0.25, 0.3) is 0 Å². The normalized spacial score (nSPS) is 24.3. The van der Waals surface area contributed by atoms with E-state index in [0.717, 1.165) is 30.4 Å². The van der Waals surface area contributed by atoms with Gasteiger partial charge in [0.15, 0.2) is 0 Å². The molecule has 1 N–H and O–H groups in total. The minimum Gasteiger partial charge on any atom is -0.342 e. The maximum atomic E-state index is 13.2. The molecule has 0 radical (unpaired) electrons. The number of halogens is 1. The van der Waals surface area contributed by atoms with Crippen LogP contribution in [0.15, 0.2) is 48.5 Å². The molecular weight excluding hydrogens is 420 g/mol. The summed E-state index contributed by atoms with van der Waals surface area (Å²) < 4.78 is 25.7. The lowest BCUT2D eigenvalue weighted by atomic mass is 9.96. The van der Waals surface area contributed by atoms with Crippen LogP contribution in [-0.2, 0) is 14.8 Å². The fourth-order valence-corrected chi connectivity index (χ4v) is 5.52. The van der Waals surface area contributed by atoms with E-state index in [1.54, 1.807) is 0 Å². The van der Waals surface area contributed by atoms with Gasteiger partial charge in [-0.3, -0.25) is 4.79 Å². The Morgan fingerprint density at radius 1 is 1.10 bits per heavy atom. The molecule has 7 heteroatoms. The van der Waals surface area contributed by atoms with Crippen LogP contribution in [-0.4, -0.2) is 44.6 Å². The summed E-state index contributed by atoms with van der Waals surface area (Å²) in [5, 5.41) is 0.693. The highest BCUT2D eigenvalue weighted by Crippen LogP contribution is 2.51. The lowest BCUT2D eigenvalue weighted by Crippen LogP contribution is -2.36. The molecule has 2 aromatic carbocycles. The molecule has 1 aliphatic heterocycles. The quantitative estimate of drug-likeness (QED) is 0.753. The Labute approximate surface area is 183 Å². The number of hydrogen-bond acceptors (Lipinski definition) is 3. The van der Waals surface area contributed by atoms with Crippen molar-refractivity contribution in [3.05, 3.63) is 59.1 Å². The number of carbonyl (C=O) groups excluding carboxylic acids is 1. The lowest BCUT2D eigenvalue weighted by molar-refractivity contribution is -0.132. The number of amides is 1. The fourth-order valence-electron chi connectivity index (χ4n) is 4.50. The van der Waals surface area contributed by atoms with Gasteiger partial charge >= 0.3 is 0 Å². The monoisotopic (exact) mass is 446 g/mol. The smallest absolute Gasteiger partial charge is 0.226 e. The van der Waals surface area contributed by atoms with Crippen molar-refractivity contribution in [2.45, 2.75) is 37.6 Å². The molecule has 3 atom stereocenters. The number of benzene rings is 2. The average molecular weight is 447 g/mol. The van der Waals surface area contributed by atoms with Crippen LogP contribution < -0.4 is 4.72 Å². The molecule has 1 heterocycles. The minimum absolute atomic E-state index is 0.00643. The second-order valence-electron chi connectivity index (χ2n) is 8.39. The number of likely N-dealkylation sites (tertiary alicyclic amines) is 1. The third-order valence-electron chi connectivity index (χ3n) is 6.03. The van der Waals surface area contributed by atoms with E-state index in [4.69, 9.17) is 11.6 Å². The molecule has 2 fully saturated rings. The first-order valence-electron chi connectivity index (χ1n) is 10.4. The summed E-state index contributed by atoms with van der Waals surface area (Å²) >= 11 is 6.27. The fraction of sp³-hybridized carbons (Fsp3) is 0.435. The van der Waals surface area contributed by atoms with Gasteiger partial charge < -0.3 is 4.90 Å². The molecule has 0 aromatic heterocycles. The number of hydrogen-bond donors (Lipinski definition) is 1. The predicted octanol–water partition coefficient (Wildman–Crippen LogP) is 4.04. The Morgan fingerprint density at radius 3 is 2.60 bits per heavy atom. The molecular formula is C23H27ClN2O3S. The summed E-state index contributed by atoms with van der Waals surface area (Å²) in [5.74, 6) is 0.389. The Morgan fingerprint density at radius 2 is 1.87 bits per heavy atom. The Bertz CT molecular complexity index is 1030. The topological polar surface area (TPSA) is 66.5 Å². The van der Waals surface area contributed by atoms with Gasteiger partial charge in [-0.2, -0.15) is 0 Å². The van der Waals surface area contributed by atoms with Gasteiger partial charge in [-0.05, 0) is 60.4 Å². The van der Waals surface area contributed by atoms with Crippen molar-refractivity contribution in [1.29, 1.82) is 0 Å². The Balaban J connectivity index is 1.46. The lowest BCUT2D eigenvalue weighted by Gasteiger charge is -2.21. The number of nitrogens with one attached hydrogen (secondary N) is 1. The van der Waals surface area contributed by atoms with E-state index in [2.05, 4.69) is 22.9 Å². The van der Waals surface area contributed by atoms with Crippen molar-refractivity contribution in [1.82, 2.24) is 9.62 Å². The van der Waals surface area contributed by atoms with E-state index >= 15 is 0 Å². The molecule has 1 amide bonds. The third-order valence-corrected chi connectivity index (χ3v) is 7.02. The maximum absolute atomic E-state index is 13.2. The molecule has 0 spiro atoms. The summed E-state index contributed by atoms with van der Waals surface area (Å²) in [4.78, 5) is 15.1. The van der Waals surface area contributed by atoms with Gasteiger partial charge in [-0.15, -0.1) is 0 Å². The second kappa shape index (κ2) is 8.69. The highest BCUT2D eigenvalue weighted by atomic mass is 35.5. The van der Waals surface area contributed by atoms with Crippen molar-refractivity contribution in [2.24, 2.45) is 5.92 Å². The van der Waals surface area contributed by atoms with Crippen LogP contribution in [0.25, 0.3) is 11.1 Å². The van der Waals surface area contributed by atoms with Gasteiger partial charge in [0, 0.05) is 30.1 Å². The third kappa shape index (κ3) is 5.05. The minimum atomic E-state index is -3.23. The largest absolute Gasteiger partial charge is 0.342 e. The molecule has 0 unspecified atom stereocenters. The first kappa shape index (κ1) is 21.3. The summed E-state index contributed by atoms with van der Waals surface area (Å²) in [6.45, 7) is 1.29. The van der Waals surface area contributed by atoms with Gasteiger partial charge in [0.2, 0.25) is 15.9 Å². The summed E-state index contributed by atoms with van der Waals surface area (Å²) in [6.07, 6.45) is 4.27. The first-order valence-corrected chi connectivity index (χ1v) is 12.7. The number of carbonyl (C=O) groups is 1. The van der Waals surface area contributed by atoms with E-state index in [1.807, 2.05) is 35.2 Å². The van der Waals surface area contributed by atoms with Gasteiger partial charge in [0.05, 0.1) is 6.26 Å². The summed E-state index contributed by atoms with van der Waals surface area (Å²) in [6, 6.07) is 16.0. The number of rotatable bonds is 5. The van der Waals surface area contributed by atoms with Gasteiger partial charge in [0.1, 0.15) is 0 Å². The number of sulfonamides is 1. The zero-order valence-electron chi connectivity index (χ0n) is 17.1. The van der Waals surface area contributed by atoms with Crippen molar-refractivity contribution in [3.8, 4) is 11.1 Å². The Hall–Kier alpha value is -1.89. The molecule has 0 bridgehead atoms. The molecule has 1 aliphatic carbocycles. The SMILES string of the molecule is CS(=O)(=O)N[C@H]1CCCN(C(=O)[C@@H]2C[C@H]2c2ccc(Cl)cc2-c2ccccc2)CC1. The first-order chi connectivity index (χ1) is 14.3. The predicted molar refractivity (Wildman–Crippen MR) is 120 cm³/mol. The summed E-state index contributed by atoms with van der Waals surface area (Å²) in [7, 11) is -3.23. The van der Waals surface area contributed by atoms with E-state index in [0.29, 0.717) is 24.5 Å². The van der Waals surface area contributed by atoms with Crippen molar-refractivity contribution in [3.63, 3.8) is 0 Å². The van der Waals surface area contributed by atoms with Crippen molar-refractivity contribution >= 4 is 27.5 Å². The van der Waals surface area contributed by atoms with Crippen LogP contribution >= 0.6 is 11.6 Å². The molecule has 5 nitrogen and oxygen atoms in total. The zero-order chi connectivity index (χ0) is 21.3. The van der Waals surface area contributed by atoms with E-state index in [9.17, 15) is 13.2 Å². The van der Waals surface area contributed by atoms with Crippen LogP contribution in [0.4, 0.5) is 0 Å². The molecule has 1 saturated heterocycles. The van der Waals surface area contributed by atoms with Gasteiger partial charge in [-0.1, -0.05) is 48.0 Å². The standard InChI is InChI=1S/C23H27ClN2O3S/c1-30(28,29)25-18-8-5-12-26(13-11-18)23(27)22-15-21(22)19-10-9-17(24)14-20(19)16-6-3-2-4-7-16/h2-4,6-7,9-10,14,18,21-22,25H,5,8,11-13,15H2,1H3/t18-,21-,22+/m0/s1. The zero-order valence-corrected chi connectivity index (χ0v) is 18.6. The molecule has 2 aromatic rings. The highest BCUT2D eigenvalue weighted by molar-refractivity contribution is 7.88. The summed E-state index contributed by atoms with van der Waals surface area (Å²) in [5.41, 5.74) is 3.38. The van der Waals surface area contributed by atoms with E-state index in [1.165, 1.54) is 11.8 Å². The molecule has 2 aliphatic rings. The highest BCUT2D eigenvalue weighted by Gasteiger charge is 2.46. The van der Waals surface area contributed by atoms with E-state index in [-0.39, 0.29) is 23.8 Å². The van der Waals surface area contributed by atoms with Crippen LogP contribution in [0.3, 0.4) is 0 Å². The average Bonchev–Trinajstić information content (AvgIpc) is 3.51. The van der Waals surface area contributed by atoms with Crippen LogP contribution in [0.2, 0.25) is 5.02 Å². The second-order valence-corrected chi connectivity index (χ2v) is 10.6. The maximum Gasteiger partial charge on any atom is 0.226 e. The Kier molecular flexibility index (Phi) is 6.19. The van der Waals surface area contributed by atoms with E-state index < -0.39 is 10.0 Å².